The SMILES string of the molecule is CCOP(=O)(OCC)C(F)(F)C(F)(F)Oc1ccc(C2CCC(C)CC2)c(F)c1F. The van der Waals surface area contributed by atoms with Gasteiger partial charge in [0.15, 0.2) is 11.6 Å². The normalized spacial score (nSPS) is 21.0. The number of ether oxygens (including phenoxy) is 1. The number of hydrogen-bond donors (Lipinski definition) is 0. The maximum atomic E-state index is 14.5. The fourth-order valence-electron chi connectivity index (χ4n) is 3.41. The summed E-state index contributed by atoms with van der Waals surface area (Å²) in [5.41, 5.74) is -5.47. The summed E-state index contributed by atoms with van der Waals surface area (Å²) >= 11 is 0. The van der Waals surface area contributed by atoms with Crippen molar-refractivity contribution in [1.82, 2.24) is 0 Å². The van der Waals surface area contributed by atoms with Gasteiger partial charge in [0.05, 0.1) is 13.2 Å². The molecule has 11 heteroatoms. The molecule has 1 aliphatic rings. The van der Waals surface area contributed by atoms with Crippen molar-refractivity contribution in [2.24, 2.45) is 5.92 Å². The van der Waals surface area contributed by atoms with E-state index in [1.54, 1.807) is 0 Å². The first-order valence-corrected chi connectivity index (χ1v) is 11.3. The summed E-state index contributed by atoms with van der Waals surface area (Å²) in [5, 5.41) is 0. The van der Waals surface area contributed by atoms with Gasteiger partial charge in [-0.1, -0.05) is 25.8 Å². The lowest BCUT2D eigenvalue weighted by Gasteiger charge is -2.31. The summed E-state index contributed by atoms with van der Waals surface area (Å²) in [4.78, 5) is 0. The molecule has 1 aromatic carbocycles. The van der Waals surface area contributed by atoms with E-state index in [4.69, 9.17) is 0 Å². The molecule has 1 aliphatic carbocycles. The molecular formula is C19H25F6O4P. The largest absolute Gasteiger partial charge is 0.477 e. The van der Waals surface area contributed by atoms with Crippen LogP contribution in [0.15, 0.2) is 12.1 Å². The van der Waals surface area contributed by atoms with E-state index in [0.717, 1.165) is 32.8 Å². The molecule has 2 rings (SSSR count). The van der Waals surface area contributed by atoms with E-state index in [1.807, 2.05) is 6.92 Å². The zero-order valence-corrected chi connectivity index (χ0v) is 17.8. The van der Waals surface area contributed by atoms with Crippen LogP contribution in [-0.4, -0.2) is 25.0 Å². The van der Waals surface area contributed by atoms with Crippen LogP contribution in [-0.2, 0) is 13.6 Å². The maximum absolute atomic E-state index is 14.5. The Hall–Kier alpha value is -1.25. The van der Waals surface area contributed by atoms with Gasteiger partial charge in [-0.15, -0.1) is 0 Å². The second kappa shape index (κ2) is 9.49. The summed E-state index contributed by atoms with van der Waals surface area (Å²) in [6.45, 7) is 3.12. The molecule has 0 amide bonds. The van der Waals surface area contributed by atoms with Crippen molar-refractivity contribution in [3.05, 3.63) is 29.3 Å². The molecule has 0 radical (unpaired) electrons. The Morgan fingerprint density at radius 3 is 2.00 bits per heavy atom. The van der Waals surface area contributed by atoms with Gasteiger partial charge in [0, 0.05) is 0 Å². The third-order valence-electron chi connectivity index (χ3n) is 5.06. The summed E-state index contributed by atoms with van der Waals surface area (Å²) in [7, 11) is -5.67. The predicted molar refractivity (Wildman–Crippen MR) is 98.1 cm³/mol. The molecule has 0 N–H and O–H groups in total. The second-order valence-corrected chi connectivity index (χ2v) is 9.30. The molecule has 0 heterocycles. The molecule has 1 saturated carbocycles. The van der Waals surface area contributed by atoms with Crippen molar-refractivity contribution < 1.29 is 44.7 Å². The van der Waals surface area contributed by atoms with Crippen LogP contribution in [0.25, 0.3) is 0 Å². The standard InChI is InChI=1S/C19H25F6O4P/c1-4-27-30(26,28-5-2)19(24,25)18(22,23)29-15-11-10-14(16(20)17(15)21)13-8-6-12(3)7-9-13/h10-13H,4-9H2,1-3H3. The van der Waals surface area contributed by atoms with Crippen LogP contribution in [0.4, 0.5) is 26.3 Å². The Balaban J connectivity index is 2.31. The molecule has 30 heavy (non-hydrogen) atoms. The maximum Gasteiger partial charge on any atom is 0.477 e. The van der Waals surface area contributed by atoms with E-state index in [1.165, 1.54) is 0 Å². The quantitative estimate of drug-likeness (QED) is 0.290. The van der Waals surface area contributed by atoms with Crippen LogP contribution in [0.2, 0.25) is 0 Å². The van der Waals surface area contributed by atoms with E-state index in [9.17, 15) is 30.9 Å². The first kappa shape index (κ1) is 25.0. The van der Waals surface area contributed by atoms with Gasteiger partial charge >= 0.3 is 19.4 Å². The monoisotopic (exact) mass is 462 g/mol. The van der Waals surface area contributed by atoms with Gasteiger partial charge in [-0.3, -0.25) is 4.57 Å². The Morgan fingerprint density at radius 1 is 0.967 bits per heavy atom. The van der Waals surface area contributed by atoms with Crippen molar-refractivity contribution in [2.45, 2.75) is 64.1 Å². The summed E-state index contributed by atoms with van der Waals surface area (Å²) in [5.74, 6) is -4.52. The number of alkyl halides is 4. The fourth-order valence-corrected chi connectivity index (χ4v) is 4.85. The molecule has 0 aliphatic heterocycles. The minimum atomic E-state index is -5.67. The van der Waals surface area contributed by atoms with E-state index in [0.29, 0.717) is 24.8 Å². The van der Waals surface area contributed by atoms with Crippen LogP contribution in [0.1, 0.15) is 57.9 Å². The molecule has 0 unspecified atom stereocenters. The molecule has 0 spiro atoms. The highest BCUT2D eigenvalue weighted by molar-refractivity contribution is 7.55. The number of halogens is 6. The Bertz CT molecular complexity index is 771. The van der Waals surface area contributed by atoms with E-state index >= 15 is 0 Å². The number of hydrogen-bond acceptors (Lipinski definition) is 4. The third kappa shape index (κ3) is 4.81. The highest BCUT2D eigenvalue weighted by Crippen LogP contribution is 2.67. The van der Waals surface area contributed by atoms with E-state index in [2.05, 4.69) is 13.8 Å². The molecule has 1 fully saturated rings. The van der Waals surface area contributed by atoms with Crippen LogP contribution in [0.5, 0.6) is 5.75 Å². The van der Waals surface area contributed by atoms with Gasteiger partial charge in [0.1, 0.15) is 0 Å². The Kier molecular flexibility index (Phi) is 7.91. The van der Waals surface area contributed by atoms with Gasteiger partial charge in [-0.25, -0.2) is 4.39 Å². The van der Waals surface area contributed by atoms with Gasteiger partial charge < -0.3 is 13.8 Å². The number of benzene rings is 1. The van der Waals surface area contributed by atoms with E-state index in [-0.39, 0.29) is 11.5 Å². The average molecular weight is 462 g/mol. The molecule has 0 bridgehead atoms. The van der Waals surface area contributed by atoms with Crippen molar-refractivity contribution >= 4 is 7.60 Å². The Labute approximate surface area is 171 Å². The van der Waals surface area contributed by atoms with Crippen LogP contribution in [0.3, 0.4) is 0 Å². The summed E-state index contributed by atoms with van der Waals surface area (Å²) in [6, 6.07) is 1.72. The minimum absolute atomic E-state index is 0.0175. The van der Waals surface area contributed by atoms with Gasteiger partial charge in [0.2, 0.25) is 5.82 Å². The van der Waals surface area contributed by atoms with Gasteiger partial charge in [-0.05, 0) is 50.2 Å². The first-order chi connectivity index (χ1) is 13.9. The van der Waals surface area contributed by atoms with Crippen molar-refractivity contribution in [2.75, 3.05) is 13.2 Å². The average Bonchev–Trinajstić information content (AvgIpc) is 2.66. The second-order valence-electron chi connectivity index (χ2n) is 7.23. The summed E-state index contributed by atoms with van der Waals surface area (Å²) < 4.78 is 111. The summed E-state index contributed by atoms with van der Waals surface area (Å²) in [6.07, 6.45) is -2.70. The lowest BCUT2D eigenvalue weighted by molar-refractivity contribution is -0.281. The molecule has 0 atom stereocenters. The van der Waals surface area contributed by atoms with Gasteiger partial charge in [0.25, 0.3) is 0 Å². The number of rotatable bonds is 9. The molecule has 0 saturated heterocycles. The van der Waals surface area contributed by atoms with Crippen molar-refractivity contribution in [3.63, 3.8) is 0 Å². The highest BCUT2D eigenvalue weighted by atomic mass is 31.2. The molecule has 172 valence electrons. The fraction of sp³-hybridized carbons (Fsp3) is 0.684. The van der Waals surface area contributed by atoms with Crippen molar-refractivity contribution in [3.8, 4) is 5.75 Å². The lowest BCUT2D eigenvalue weighted by atomic mass is 9.79. The molecule has 0 aromatic heterocycles. The zero-order chi connectivity index (χ0) is 22.7. The van der Waals surface area contributed by atoms with Crippen LogP contribution < -0.4 is 4.74 Å². The molecular weight excluding hydrogens is 437 g/mol. The van der Waals surface area contributed by atoms with E-state index < -0.39 is 50.0 Å². The van der Waals surface area contributed by atoms with Crippen molar-refractivity contribution in [1.29, 1.82) is 0 Å². The molecule has 1 aromatic rings. The lowest BCUT2D eigenvalue weighted by Crippen LogP contribution is -2.46. The topological polar surface area (TPSA) is 44.8 Å². The Morgan fingerprint density at radius 2 is 1.50 bits per heavy atom. The zero-order valence-electron chi connectivity index (χ0n) is 16.9. The minimum Gasteiger partial charge on any atom is -0.424 e. The van der Waals surface area contributed by atoms with Gasteiger partial charge in [-0.2, -0.15) is 22.0 Å². The smallest absolute Gasteiger partial charge is 0.424 e. The van der Waals surface area contributed by atoms with Crippen LogP contribution in [0, 0.1) is 17.6 Å². The van der Waals surface area contributed by atoms with Crippen LogP contribution >= 0.6 is 7.60 Å². The third-order valence-corrected chi connectivity index (χ3v) is 7.21. The highest BCUT2D eigenvalue weighted by Gasteiger charge is 2.73. The first-order valence-electron chi connectivity index (χ1n) is 9.71. The molecule has 4 nitrogen and oxygen atoms in total. The predicted octanol–water partition coefficient (Wildman–Crippen LogP) is 7.09.